The number of carbonyl (C=O) groups excluding carboxylic acids is 2. The Kier molecular flexibility index (Phi) is 6.14. The molecule has 0 aliphatic carbocycles. The zero-order valence-corrected chi connectivity index (χ0v) is 14.4. The Morgan fingerprint density at radius 3 is 2.36 bits per heavy atom. The molecule has 0 fully saturated rings. The Bertz CT molecular complexity index is 799. The predicted octanol–water partition coefficient (Wildman–Crippen LogP) is 4.52. The summed E-state index contributed by atoms with van der Waals surface area (Å²) in [4.78, 5) is 23.6. The highest BCUT2D eigenvalue weighted by Crippen LogP contribution is 2.29. The molecule has 0 aromatic heterocycles. The minimum absolute atomic E-state index is 0.0699. The van der Waals surface area contributed by atoms with Crippen LogP contribution < -0.4 is 5.32 Å². The Balaban J connectivity index is 1.92. The fourth-order valence-electron chi connectivity index (χ4n) is 1.97. The molecule has 0 aliphatic heterocycles. The van der Waals surface area contributed by atoms with Crippen LogP contribution in [0.15, 0.2) is 65.2 Å². The van der Waals surface area contributed by atoms with Gasteiger partial charge in [-0.15, -0.1) is 0 Å². The molecule has 1 N–H and O–H groups in total. The van der Waals surface area contributed by atoms with E-state index in [4.69, 9.17) is 0 Å². The van der Waals surface area contributed by atoms with Crippen molar-refractivity contribution in [2.75, 3.05) is 0 Å². The van der Waals surface area contributed by atoms with Gasteiger partial charge in [-0.25, -0.2) is 0 Å². The van der Waals surface area contributed by atoms with Gasteiger partial charge in [-0.05, 0) is 48.0 Å². The summed E-state index contributed by atoms with van der Waals surface area (Å²) in [5.74, 6) is -0.912. The van der Waals surface area contributed by atoms with E-state index < -0.39 is 17.6 Å². The first kappa shape index (κ1) is 18.9. The molecule has 0 atom stereocenters. The first-order valence-corrected chi connectivity index (χ1v) is 7.97. The topological polar surface area (TPSA) is 46.2 Å². The van der Waals surface area contributed by atoms with Gasteiger partial charge in [0.1, 0.15) is 0 Å². The summed E-state index contributed by atoms with van der Waals surface area (Å²) in [5, 5.41) is 2.44. The Labute approximate surface area is 150 Å². The Morgan fingerprint density at radius 1 is 1.04 bits per heavy atom. The molecule has 0 spiro atoms. The number of rotatable bonds is 5. The molecule has 2 aromatic carbocycles. The van der Waals surface area contributed by atoms with Crippen LogP contribution in [0.5, 0.6) is 0 Å². The van der Waals surface area contributed by atoms with Crippen LogP contribution in [0.25, 0.3) is 0 Å². The normalized spacial score (nSPS) is 11.5. The highest BCUT2D eigenvalue weighted by Gasteiger charge is 2.30. The van der Waals surface area contributed by atoms with Crippen LogP contribution in [0.4, 0.5) is 13.2 Å². The first-order chi connectivity index (χ1) is 11.8. The lowest BCUT2D eigenvalue weighted by atomic mass is 10.1. The lowest BCUT2D eigenvalue weighted by molar-refractivity contribution is -0.137. The molecule has 0 bridgehead atoms. The number of hydrogen-bond donors (Lipinski definition) is 1. The molecule has 3 nitrogen and oxygen atoms in total. The lowest BCUT2D eigenvalue weighted by Gasteiger charge is -2.08. The summed E-state index contributed by atoms with van der Waals surface area (Å²) >= 11 is 3.25. The van der Waals surface area contributed by atoms with Crippen molar-refractivity contribution in [3.05, 3.63) is 81.8 Å². The predicted molar refractivity (Wildman–Crippen MR) is 90.9 cm³/mol. The molecule has 0 aliphatic rings. The number of nitrogens with one attached hydrogen (secondary N) is 1. The van der Waals surface area contributed by atoms with Gasteiger partial charge in [-0.2, -0.15) is 13.2 Å². The van der Waals surface area contributed by atoms with Gasteiger partial charge in [0.2, 0.25) is 5.91 Å². The van der Waals surface area contributed by atoms with Crippen LogP contribution in [-0.2, 0) is 17.5 Å². The number of alkyl halides is 3. The molecule has 130 valence electrons. The average molecular weight is 412 g/mol. The van der Waals surface area contributed by atoms with Crippen LogP contribution >= 0.6 is 15.9 Å². The smallest absolute Gasteiger partial charge is 0.348 e. The van der Waals surface area contributed by atoms with Crippen molar-refractivity contribution in [2.24, 2.45) is 0 Å². The number of benzene rings is 2. The van der Waals surface area contributed by atoms with Crippen LogP contribution in [-0.4, -0.2) is 11.7 Å². The molecule has 7 heteroatoms. The number of amides is 1. The zero-order valence-electron chi connectivity index (χ0n) is 12.8. The van der Waals surface area contributed by atoms with E-state index in [1.54, 1.807) is 24.3 Å². The maximum Gasteiger partial charge on any atom is 0.416 e. The summed E-state index contributed by atoms with van der Waals surface area (Å²) in [6, 6.07) is 11.3. The third-order valence-electron chi connectivity index (χ3n) is 3.24. The Morgan fingerprint density at radius 2 is 1.72 bits per heavy atom. The molecule has 0 unspecified atom stereocenters. The van der Waals surface area contributed by atoms with Crippen molar-refractivity contribution >= 4 is 27.6 Å². The molecule has 0 radical (unpaired) electrons. The van der Waals surface area contributed by atoms with E-state index in [-0.39, 0.29) is 12.3 Å². The maximum atomic E-state index is 12.6. The quantitative estimate of drug-likeness (QED) is 0.580. The molecule has 2 rings (SSSR count). The summed E-state index contributed by atoms with van der Waals surface area (Å²) in [7, 11) is 0. The third-order valence-corrected chi connectivity index (χ3v) is 3.76. The fraction of sp³-hybridized carbons (Fsp3) is 0.111. The van der Waals surface area contributed by atoms with Gasteiger partial charge in [0.05, 0.1) is 5.56 Å². The van der Waals surface area contributed by atoms with Crippen molar-refractivity contribution in [1.82, 2.24) is 5.32 Å². The first-order valence-electron chi connectivity index (χ1n) is 7.17. The number of halogens is 4. The fourth-order valence-corrected chi connectivity index (χ4v) is 2.23. The van der Waals surface area contributed by atoms with E-state index >= 15 is 0 Å². The Hall–Kier alpha value is -2.41. The standard InChI is InChI=1S/C18H13BrF3NO2/c19-15-6-4-13(5-7-15)16(24)8-9-17(25)23-11-12-2-1-3-14(10-12)18(20,21)22/h1-10H,11H2,(H,23,25)/b9-8+. The second kappa shape index (κ2) is 8.11. The van der Waals surface area contributed by atoms with Crippen molar-refractivity contribution in [3.63, 3.8) is 0 Å². The zero-order chi connectivity index (χ0) is 18.4. The second-order valence-corrected chi connectivity index (χ2v) is 6.04. The van der Waals surface area contributed by atoms with Crippen LogP contribution in [0.3, 0.4) is 0 Å². The molecule has 2 aromatic rings. The minimum atomic E-state index is -4.43. The van der Waals surface area contributed by atoms with Crippen molar-refractivity contribution in [1.29, 1.82) is 0 Å². The van der Waals surface area contributed by atoms with Gasteiger partial charge < -0.3 is 5.32 Å². The molecule has 0 saturated carbocycles. The van der Waals surface area contributed by atoms with Gasteiger partial charge in [-0.3, -0.25) is 9.59 Å². The van der Waals surface area contributed by atoms with Crippen molar-refractivity contribution < 1.29 is 22.8 Å². The van der Waals surface area contributed by atoms with Crippen LogP contribution in [0, 0.1) is 0 Å². The molecule has 0 saturated heterocycles. The maximum absolute atomic E-state index is 12.6. The van der Waals surface area contributed by atoms with Gasteiger partial charge in [0.25, 0.3) is 0 Å². The minimum Gasteiger partial charge on any atom is -0.348 e. The summed E-state index contributed by atoms with van der Waals surface area (Å²) in [5.41, 5.74) is -0.0406. The summed E-state index contributed by atoms with van der Waals surface area (Å²) in [6.45, 7) is -0.0699. The van der Waals surface area contributed by atoms with Gasteiger partial charge in [0.15, 0.2) is 5.78 Å². The van der Waals surface area contributed by atoms with Gasteiger partial charge in [-0.1, -0.05) is 28.1 Å². The van der Waals surface area contributed by atoms with E-state index in [0.717, 1.165) is 28.8 Å². The summed E-state index contributed by atoms with van der Waals surface area (Å²) < 4.78 is 38.7. The van der Waals surface area contributed by atoms with Gasteiger partial charge >= 0.3 is 6.18 Å². The molecular formula is C18H13BrF3NO2. The number of allylic oxidation sites excluding steroid dienone is 1. The highest BCUT2D eigenvalue weighted by molar-refractivity contribution is 9.10. The molecule has 25 heavy (non-hydrogen) atoms. The van der Waals surface area contributed by atoms with Crippen molar-refractivity contribution in [2.45, 2.75) is 12.7 Å². The van der Waals surface area contributed by atoms with Crippen molar-refractivity contribution in [3.8, 4) is 0 Å². The lowest BCUT2D eigenvalue weighted by Crippen LogP contribution is -2.21. The van der Waals surface area contributed by atoms with E-state index in [1.807, 2.05) is 0 Å². The largest absolute Gasteiger partial charge is 0.416 e. The molecule has 1 amide bonds. The summed E-state index contributed by atoms with van der Waals surface area (Å²) in [6.07, 6.45) is -2.26. The SMILES string of the molecule is O=C(/C=C/C(=O)c1ccc(Br)cc1)NCc1cccc(C(F)(F)F)c1. The molecule has 0 heterocycles. The number of hydrogen-bond acceptors (Lipinski definition) is 2. The average Bonchev–Trinajstić information content (AvgIpc) is 2.58. The van der Waals surface area contributed by atoms with Gasteiger partial charge in [0, 0.05) is 22.7 Å². The monoisotopic (exact) mass is 411 g/mol. The number of ketones is 1. The third kappa shape index (κ3) is 5.86. The van der Waals surface area contributed by atoms with E-state index in [0.29, 0.717) is 11.1 Å². The molecular weight excluding hydrogens is 399 g/mol. The van der Waals surface area contributed by atoms with Crippen LogP contribution in [0.2, 0.25) is 0 Å². The second-order valence-electron chi connectivity index (χ2n) is 5.12. The van der Waals surface area contributed by atoms with E-state index in [2.05, 4.69) is 21.2 Å². The number of carbonyl (C=O) groups is 2. The highest BCUT2D eigenvalue weighted by atomic mass is 79.9. The van der Waals surface area contributed by atoms with Crippen LogP contribution in [0.1, 0.15) is 21.5 Å². The van der Waals surface area contributed by atoms with E-state index in [9.17, 15) is 22.8 Å². The van der Waals surface area contributed by atoms with E-state index in [1.165, 1.54) is 12.1 Å².